The molecular formula is C22H24N3O2S+. The van der Waals surface area contributed by atoms with Crippen molar-refractivity contribution >= 4 is 28.8 Å². The summed E-state index contributed by atoms with van der Waals surface area (Å²) in [6.45, 7) is 3.54. The second-order valence-corrected chi connectivity index (χ2v) is 7.57. The third-order valence-electron chi connectivity index (χ3n) is 4.27. The molecule has 0 atom stereocenters. The molecule has 0 saturated heterocycles. The lowest BCUT2D eigenvalue weighted by Gasteiger charge is -2.11. The highest BCUT2D eigenvalue weighted by Gasteiger charge is 2.13. The predicted molar refractivity (Wildman–Crippen MR) is 112 cm³/mol. The molecule has 2 aromatic carbocycles. The maximum atomic E-state index is 12.6. The van der Waals surface area contributed by atoms with Gasteiger partial charge in [0.25, 0.3) is 11.8 Å². The first-order valence-electron chi connectivity index (χ1n) is 9.18. The molecule has 1 aromatic heterocycles. The van der Waals surface area contributed by atoms with Crippen LogP contribution < -0.4 is 16.0 Å². The van der Waals surface area contributed by atoms with Crippen molar-refractivity contribution in [1.82, 2.24) is 5.32 Å². The van der Waals surface area contributed by atoms with Crippen molar-refractivity contribution in [3.8, 4) is 0 Å². The van der Waals surface area contributed by atoms with Crippen LogP contribution in [0.25, 0.3) is 0 Å². The molecule has 28 heavy (non-hydrogen) atoms. The Labute approximate surface area is 168 Å². The molecule has 0 unspecified atom stereocenters. The predicted octanol–water partition coefficient (Wildman–Crippen LogP) is 2.69. The standard InChI is InChI=1S/C22H23N3O2S/c1-16-8-10-17(11-9-16)13-24-22(27)19-6-2-3-7-20(19)25-21(26)15-23-14-18-5-4-12-28-18/h2-12,23H,13-15H2,1H3,(H,24,27)(H,25,26)/p+1. The smallest absolute Gasteiger partial charge is 0.279 e. The number of rotatable bonds is 8. The number of nitrogens with one attached hydrogen (secondary N) is 2. The number of quaternary nitrogens is 1. The number of benzene rings is 2. The molecule has 144 valence electrons. The van der Waals surface area contributed by atoms with Crippen LogP contribution >= 0.6 is 11.3 Å². The number of nitrogens with two attached hydrogens (primary N) is 1. The van der Waals surface area contributed by atoms with Crippen molar-refractivity contribution in [1.29, 1.82) is 0 Å². The Hall–Kier alpha value is -2.96. The monoisotopic (exact) mass is 394 g/mol. The zero-order valence-electron chi connectivity index (χ0n) is 15.8. The van der Waals surface area contributed by atoms with E-state index < -0.39 is 0 Å². The van der Waals surface area contributed by atoms with Crippen LogP contribution in [0.3, 0.4) is 0 Å². The van der Waals surface area contributed by atoms with Gasteiger partial charge in [-0.1, -0.05) is 48.0 Å². The van der Waals surface area contributed by atoms with Crippen molar-refractivity contribution in [3.63, 3.8) is 0 Å². The Morgan fingerprint density at radius 3 is 2.54 bits per heavy atom. The second-order valence-electron chi connectivity index (χ2n) is 6.54. The number of aryl methyl sites for hydroxylation is 1. The summed E-state index contributed by atoms with van der Waals surface area (Å²) in [6.07, 6.45) is 0. The molecule has 3 aromatic rings. The minimum absolute atomic E-state index is 0.129. The zero-order chi connectivity index (χ0) is 19.8. The van der Waals surface area contributed by atoms with E-state index in [9.17, 15) is 9.59 Å². The lowest BCUT2D eigenvalue weighted by Crippen LogP contribution is -2.84. The van der Waals surface area contributed by atoms with Gasteiger partial charge in [-0.2, -0.15) is 0 Å². The molecule has 0 radical (unpaired) electrons. The summed E-state index contributed by atoms with van der Waals surface area (Å²) < 4.78 is 0. The molecule has 0 spiro atoms. The molecular weight excluding hydrogens is 370 g/mol. The average molecular weight is 395 g/mol. The molecule has 0 aliphatic carbocycles. The van der Waals surface area contributed by atoms with E-state index in [1.54, 1.807) is 29.5 Å². The second kappa shape index (κ2) is 9.82. The van der Waals surface area contributed by atoms with Gasteiger partial charge in [-0.25, -0.2) is 0 Å². The van der Waals surface area contributed by atoms with E-state index in [1.165, 1.54) is 10.4 Å². The quantitative estimate of drug-likeness (QED) is 0.550. The molecule has 2 amide bonds. The number of hydrogen-bond acceptors (Lipinski definition) is 3. The number of hydrogen-bond donors (Lipinski definition) is 3. The summed E-state index contributed by atoms with van der Waals surface area (Å²) in [6, 6.07) is 19.1. The first-order chi connectivity index (χ1) is 13.6. The molecule has 0 aliphatic heterocycles. The molecule has 4 N–H and O–H groups in total. The van der Waals surface area contributed by atoms with Crippen LogP contribution in [0.5, 0.6) is 0 Å². The van der Waals surface area contributed by atoms with Crippen molar-refractivity contribution in [2.75, 3.05) is 11.9 Å². The lowest BCUT2D eigenvalue weighted by atomic mass is 10.1. The number of carbonyl (C=O) groups is 2. The van der Waals surface area contributed by atoms with Gasteiger partial charge in [0, 0.05) is 6.54 Å². The van der Waals surface area contributed by atoms with E-state index in [0.29, 0.717) is 24.3 Å². The van der Waals surface area contributed by atoms with Gasteiger partial charge in [0.1, 0.15) is 6.54 Å². The Balaban J connectivity index is 1.54. The minimum Gasteiger partial charge on any atom is -0.348 e. The fraction of sp³-hybridized carbons (Fsp3) is 0.182. The molecule has 0 bridgehead atoms. The Kier molecular flexibility index (Phi) is 6.94. The highest BCUT2D eigenvalue weighted by atomic mass is 32.1. The molecule has 1 heterocycles. The highest BCUT2D eigenvalue weighted by molar-refractivity contribution is 7.09. The lowest BCUT2D eigenvalue weighted by molar-refractivity contribution is -0.659. The molecule has 5 nitrogen and oxygen atoms in total. The third kappa shape index (κ3) is 5.77. The van der Waals surface area contributed by atoms with Crippen LogP contribution in [-0.2, 0) is 17.9 Å². The van der Waals surface area contributed by atoms with Crippen molar-refractivity contribution < 1.29 is 14.9 Å². The maximum Gasteiger partial charge on any atom is 0.279 e. The summed E-state index contributed by atoms with van der Waals surface area (Å²) >= 11 is 1.67. The highest BCUT2D eigenvalue weighted by Crippen LogP contribution is 2.15. The topological polar surface area (TPSA) is 74.8 Å². The van der Waals surface area contributed by atoms with Gasteiger partial charge in [0.15, 0.2) is 6.54 Å². The fourth-order valence-electron chi connectivity index (χ4n) is 2.75. The van der Waals surface area contributed by atoms with Gasteiger partial charge in [-0.15, -0.1) is 11.3 Å². The number of thiophene rings is 1. The molecule has 3 rings (SSSR count). The first-order valence-corrected chi connectivity index (χ1v) is 10.1. The van der Waals surface area contributed by atoms with E-state index in [1.807, 2.05) is 60.1 Å². The van der Waals surface area contributed by atoms with Crippen LogP contribution in [0, 0.1) is 6.92 Å². The summed E-state index contributed by atoms with van der Waals surface area (Å²) in [5.74, 6) is -0.339. The number of para-hydroxylation sites is 1. The van der Waals surface area contributed by atoms with E-state index in [4.69, 9.17) is 0 Å². The largest absolute Gasteiger partial charge is 0.348 e. The van der Waals surface area contributed by atoms with Crippen LogP contribution in [0.4, 0.5) is 5.69 Å². The SMILES string of the molecule is Cc1ccc(CNC(=O)c2ccccc2NC(=O)C[NH2+]Cc2cccs2)cc1. The van der Waals surface area contributed by atoms with Gasteiger partial charge in [-0.05, 0) is 36.1 Å². The van der Waals surface area contributed by atoms with Crippen LogP contribution in [0.2, 0.25) is 0 Å². The normalized spacial score (nSPS) is 10.5. The van der Waals surface area contributed by atoms with Crippen molar-refractivity contribution in [3.05, 3.63) is 87.6 Å². The first kappa shape index (κ1) is 19.8. The van der Waals surface area contributed by atoms with Crippen LogP contribution in [-0.4, -0.2) is 18.4 Å². The summed E-state index contributed by atoms with van der Waals surface area (Å²) in [5, 5.41) is 9.73. The van der Waals surface area contributed by atoms with Gasteiger partial charge in [0.05, 0.1) is 16.1 Å². The Morgan fingerprint density at radius 2 is 1.79 bits per heavy atom. The van der Waals surface area contributed by atoms with E-state index in [2.05, 4.69) is 10.6 Å². The molecule has 6 heteroatoms. The van der Waals surface area contributed by atoms with Crippen LogP contribution in [0.1, 0.15) is 26.4 Å². The molecule has 0 fully saturated rings. The number of amides is 2. The minimum atomic E-state index is -0.209. The average Bonchev–Trinajstić information content (AvgIpc) is 3.21. The summed E-state index contributed by atoms with van der Waals surface area (Å²) in [5.41, 5.74) is 3.20. The Morgan fingerprint density at radius 1 is 1.00 bits per heavy atom. The van der Waals surface area contributed by atoms with Gasteiger partial charge in [-0.3, -0.25) is 9.59 Å². The van der Waals surface area contributed by atoms with Gasteiger partial charge >= 0.3 is 0 Å². The zero-order valence-corrected chi connectivity index (χ0v) is 16.6. The Bertz CT molecular complexity index is 921. The van der Waals surface area contributed by atoms with E-state index in [0.717, 1.165) is 12.1 Å². The van der Waals surface area contributed by atoms with Crippen LogP contribution in [0.15, 0.2) is 66.0 Å². The maximum absolute atomic E-state index is 12.6. The van der Waals surface area contributed by atoms with Crippen molar-refractivity contribution in [2.45, 2.75) is 20.0 Å². The van der Waals surface area contributed by atoms with Gasteiger partial charge < -0.3 is 16.0 Å². The number of anilines is 1. The van der Waals surface area contributed by atoms with E-state index in [-0.39, 0.29) is 11.8 Å². The summed E-state index contributed by atoms with van der Waals surface area (Å²) in [4.78, 5) is 26.1. The number of carbonyl (C=O) groups excluding carboxylic acids is 2. The fourth-order valence-corrected chi connectivity index (χ4v) is 3.45. The molecule has 0 aliphatic rings. The molecule has 0 saturated carbocycles. The van der Waals surface area contributed by atoms with Gasteiger partial charge in [0.2, 0.25) is 0 Å². The summed E-state index contributed by atoms with van der Waals surface area (Å²) in [7, 11) is 0. The van der Waals surface area contributed by atoms with E-state index >= 15 is 0 Å². The third-order valence-corrected chi connectivity index (χ3v) is 5.17. The van der Waals surface area contributed by atoms with Crippen molar-refractivity contribution in [2.24, 2.45) is 0 Å².